The molecule has 0 aromatic carbocycles. The number of hydrogen-bond donors (Lipinski definition) is 1. The van der Waals surface area contributed by atoms with Crippen LogP contribution in [0.5, 0.6) is 0 Å². The fraction of sp³-hybridized carbons (Fsp3) is 0.929. The predicted molar refractivity (Wildman–Crippen MR) is 69.7 cm³/mol. The van der Waals surface area contributed by atoms with E-state index in [9.17, 15) is 4.79 Å². The maximum Gasteiger partial charge on any atom is 0.317 e. The van der Waals surface area contributed by atoms with Crippen LogP contribution in [0, 0.1) is 0 Å². The Balaban J connectivity index is 1.93. The zero-order chi connectivity index (χ0) is 13.0. The number of nitrogens with zero attached hydrogens (tertiary/aromatic N) is 1. The van der Waals surface area contributed by atoms with E-state index in [-0.39, 0.29) is 6.54 Å². The van der Waals surface area contributed by atoms with Gasteiger partial charge in [0, 0.05) is 19.2 Å². The first-order valence-electron chi connectivity index (χ1n) is 7.21. The summed E-state index contributed by atoms with van der Waals surface area (Å²) in [5.41, 5.74) is 0. The molecule has 104 valence electrons. The number of carboxylic acid groups (broad SMARTS) is 1. The molecule has 2 fully saturated rings. The lowest BCUT2D eigenvalue weighted by atomic mass is 9.90. The Kier molecular flexibility index (Phi) is 5.01. The average molecular weight is 255 g/mol. The van der Waals surface area contributed by atoms with E-state index in [1.165, 1.54) is 25.7 Å². The summed E-state index contributed by atoms with van der Waals surface area (Å²) in [4.78, 5) is 13.3. The molecule has 0 amide bonds. The largest absolute Gasteiger partial charge is 0.480 e. The van der Waals surface area contributed by atoms with E-state index >= 15 is 0 Å². The molecule has 2 saturated carbocycles. The van der Waals surface area contributed by atoms with Crippen molar-refractivity contribution in [2.75, 3.05) is 13.7 Å². The van der Waals surface area contributed by atoms with Crippen LogP contribution in [0.15, 0.2) is 0 Å². The van der Waals surface area contributed by atoms with Crippen LogP contribution in [0.25, 0.3) is 0 Å². The van der Waals surface area contributed by atoms with E-state index in [4.69, 9.17) is 9.84 Å². The molecule has 0 radical (unpaired) electrons. The summed E-state index contributed by atoms with van der Waals surface area (Å²) >= 11 is 0. The first-order chi connectivity index (χ1) is 8.70. The predicted octanol–water partition coefficient (Wildman–Crippen LogP) is 2.27. The summed E-state index contributed by atoms with van der Waals surface area (Å²) in [5, 5.41) is 9.11. The Labute approximate surface area is 109 Å². The first-order valence-corrected chi connectivity index (χ1v) is 7.21. The molecule has 18 heavy (non-hydrogen) atoms. The summed E-state index contributed by atoms with van der Waals surface area (Å²) in [5.74, 6) is -0.684. The lowest BCUT2D eigenvalue weighted by Gasteiger charge is -2.39. The van der Waals surface area contributed by atoms with Gasteiger partial charge in [-0.1, -0.05) is 12.8 Å². The molecule has 0 aromatic heterocycles. The molecule has 4 nitrogen and oxygen atoms in total. The van der Waals surface area contributed by atoms with Crippen LogP contribution >= 0.6 is 0 Å². The van der Waals surface area contributed by atoms with Crippen molar-refractivity contribution in [3.8, 4) is 0 Å². The fourth-order valence-corrected chi connectivity index (χ4v) is 3.56. The van der Waals surface area contributed by atoms with Crippen molar-refractivity contribution in [1.82, 2.24) is 4.90 Å². The zero-order valence-corrected chi connectivity index (χ0v) is 11.3. The summed E-state index contributed by atoms with van der Waals surface area (Å²) in [7, 11) is 1.77. The van der Waals surface area contributed by atoms with Crippen LogP contribution in [-0.4, -0.2) is 47.8 Å². The molecule has 0 saturated heterocycles. The van der Waals surface area contributed by atoms with Crippen molar-refractivity contribution in [2.45, 2.75) is 69.6 Å². The SMILES string of the molecule is COC1CCC(N(CC(=O)O)C2CCCC2)CC1. The quantitative estimate of drug-likeness (QED) is 0.818. The Bertz CT molecular complexity index is 268. The summed E-state index contributed by atoms with van der Waals surface area (Å²) in [6, 6.07) is 0.959. The third-order valence-corrected chi connectivity index (χ3v) is 4.56. The van der Waals surface area contributed by atoms with E-state index in [0.717, 1.165) is 25.7 Å². The molecule has 0 aromatic rings. The van der Waals surface area contributed by atoms with Crippen LogP contribution in [0.4, 0.5) is 0 Å². The molecule has 2 aliphatic rings. The van der Waals surface area contributed by atoms with Crippen LogP contribution in [-0.2, 0) is 9.53 Å². The molecule has 0 heterocycles. The molecule has 0 spiro atoms. The van der Waals surface area contributed by atoms with E-state index in [2.05, 4.69) is 4.90 Å². The van der Waals surface area contributed by atoms with Gasteiger partial charge in [-0.3, -0.25) is 9.69 Å². The zero-order valence-electron chi connectivity index (χ0n) is 11.3. The Morgan fingerprint density at radius 3 is 2.17 bits per heavy atom. The third kappa shape index (κ3) is 3.45. The van der Waals surface area contributed by atoms with Crippen LogP contribution in [0.1, 0.15) is 51.4 Å². The topological polar surface area (TPSA) is 49.8 Å². The fourth-order valence-electron chi connectivity index (χ4n) is 3.56. The number of methoxy groups -OCH3 is 1. The third-order valence-electron chi connectivity index (χ3n) is 4.56. The molecule has 0 unspecified atom stereocenters. The standard InChI is InChI=1S/C14H25NO3/c1-18-13-8-6-12(7-9-13)15(10-14(16)17)11-4-2-3-5-11/h11-13H,2-10H2,1H3,(H,16,17). The lowest BCUT2D eigenvalue weighted by Crippen LogP contribution is -2.47. The second-order valence-electron chi connectivity index (χ2n) is 5.67. The smallest absolute Gasteiger partial charge is 0.317 e. The normalized spacial score (nSPS) is 29.9. The first kappa shape index (κ1) is 13.8. The number of rotatable bonds is 5. The Hall–Kier alpha value is -0.610. The van der Waals surface area contributed by atoms with Gasteiger partial charge in [-0.25, -0.2) is 0 Å². The van der Waals surface area contributed by atoms with Crippen LogP contribution in [0.3, 0.4) is 0 Å². The van der Waals surface area contributed by atoms with Crippen molar-refractivity contribution >= 4 is 5.97 Å². The highest BCUT2D eigenvalue weighted by atomic mass is 16.5. The molecule has 0 aliphatic heterocycles. The van der Waals surface area contributed by atoms with Gasteiger partial charge in [0.1, 0.15) is 0 Å². The highest BCUT2D eigenvalue weighted by molar-refractivity contribution is 5.69. The number of ether oxygens (including phenoxy) is 1. The van der Waals surface area contributed by atoms with E-state index in [0.29, 0.717) is 18.2 Å². The van der Waals surface area contributed by atoms with Crippen molar-refractivity contribution in [3.63, 3.8) is 0 Å². The van der Waals surface area contributed by atoms with Gasteiger partial charge in [0.15, 0.2) is 0 Å². The van der Waals surface area contributed by atoms with Crippen molar-refractivity contribution in [2.24, 2.45) is 0 Å². The van der Waals surface area contributed by atoms with Gasteiger partial charge in [-0.2, -0.15) is 0 Å². The minimum Gasteiger partial charge on any atom is -0.480 e. The molecule has 0 atom stereocenters. The van der Waals surface area contributed by atoms with E-state index in [1.54, 1.807) is 7.11 Å². The maximum absolute atomic E-state index is 11.1. The van der Waals surface area contributed by atoms with Gasteiger partial charge in [-0.15, -0.1) is 0 Å². The monoisotopic (exact) mass is 255 g/mol. The Morgan fingerprint density at radius 1 is 1.11 bits per heavy atom. The molecule has 2 aliphatic carbocycles. The molecule has 0 bridgehead atoms. The van der Waals surface area contributed by atoms with Crippen molar-refractivity contribution in [1.29, 1.82) is 0 Å². The van der Waals surface area contributed by atoms with Gasteiger partial charge < -0.3 is 9.84 Å². The highest BCUT2D eigenvalue weighted by Crippen LogP contribution is 2.31. The lowest BCUT2D eigenvalue weighted by molar-refractivity contribution is -0.140. The second kappa shape index (κ2) is 6.53. The highest BCUT2D eigenvalue weighted by Gasteiger charge is 2.32. The molecular formula is C14H25NO3. The number of hydrogen-bond acceptors (Lipinski definition) is 3. The molecule has 4 heteroatoms. The summed E-state index contributed by atoms with van der Waals surface area (Å²) in [6.07, 6.45) is 9.58. The minimum atomic E-state index is -0.684. The van der Waals surface area contributed by atoms with Crippen LogP contribution < -0.4 is 0 Å². The average Bonchev–Trinajstić information content (AvgIpc) is 2.89. The molecule has 1 N–H and O–H groups in total. The van der Waals surface area contributed by atoms with Crippen molar-refractivity contribution < 1.29 is 14.6 Å². The van der Waals surface area contributed by atoms with E-state index in [1.807, 2.05) is 0 Å². The summed E-state index contributed by atoms with van der Waals surface area (Å²) < 4.78 is 5.39. The van der Waals surface area contributed by atoms with Crippen LogP contribution in [0.2, 0.25) is 0 Å². The van der Waals surface area contributed by atoms with Gasteiger partial charge >= 0.3 is 5.97 Å². The number of carbonyl (C=O) groups is 1. The van der Waals surface area contributed by atoms with Gasteiger partial charge in [-0.05, 0) is 38.5 Å². The Morgan fingerprint density at radius 2 is 1.67 bits per heavy atom. The summed E-state index contributed by atoms with van der Waals surface area (Å²) in [6.45, 7) is 0.215. The van der Waals surface area contributed by atoms with E-state index < -0.39 is 5.97 Å². The van der Waals surface area contributed by atoms with Gasteiger partial charge in [0.25, 0.3) is 0 Å². The maximum atomic E-state index is 11.1. The second-order valence-corrected chi connectivity index (χ2v) is 5.67. The molecular weight excluding hydrogens is 230 g/mol. The van der Waals surface area contributed by atoms with Crippen molar-refractivity contribution in [3.05, 3.63) is 0 Å². The minimum absolute atomic E-state index is 0.215. The van der Waals surface area contributed by atoms with Gasteiger partial charge in [0.2, 0.25) is 0 Å². The molecule has 2 rings (SSSR count). The van der Waals surface area contributed by atoms with Gasteiger partial charge in [0.05, 0.1) is 12.6 Å². The number of aliphatic carboxylic acids is 1. The number of carboxylic acids is 1.